The van der Waals surface area contributed by atoms with Gasteiger partial charge >= 0.3 is 18.2 Å². The fraction of sp³-hybridized carbons (Fsp3) is 0.682. The van der Waals surface area contributed by atoms with E-state index in [9.17, 15) is 42.9 Å². The van der Waals surface area contributed by atoms with Gasteiger partial charge in [0, 0.05) is 44.0 Å². The van der Waals surface area contributed by atoms with Crippen molar-refractivity contribution in [3.63, 3.8) is 0 Å². The van der Waals surface area contributed by atoms with E-state index >= 15 is 0 Å². The summed E-state index contributed by atoms with van der Waals surface area (Å²) in [4.78, 5) is 43.2. The second kappa shape index (κ2) is 27.8. The first-order chi connectivity index (χ1) is 28.8. The molecule has 8 N–H and O–H groups in total. The van der Waals surface area contributed by atoms with E-state index in [4.69, 9.17) is 14.6 Å². The number of rotatable bonds is 12. The first kappa shape index (κ1) is 55.0. The molecule has 0 aliphatic carbocycles. The van der Waals surface area contributed by atoms with Crippen molar-refractivity contribution in [1.29, 1.82) is 0 Å². The predicted molar refractivity (Wildman–Crippen MR) is 229 cm³/mol. The molecule has 17 heteroatoms. The van der Waals surface area contributed by atoms with Crippen LogP contribution in [0.2, 0.25) is 0 Å². The Labute approximate surface area is 359 Å². The number of pyridine rings is 1. The number of benzene rings is 1. The Morgan fingerprint density at radius 2 is 1.62 bits per heavy atom. The zero-order valence-corrected chi connectivity index (χ0v) is 37.4. The molecule has 61 heavy (non-hydrogen) atoms. The average molecular weight is 872 g/mol. The summed E-state index contributed by atoms with van der Waals surface area (Å²) < 4.78 is 51.7. The van der Waals surface area contributed by atoms with E-state index in [1.807, 2.05) is 20.8 Å². The van der Waals surface area contributed by atoms with Gasteiger partial charge in [0.05, 0.1) is 29.3 Å². The minimum atomic E-state index is -4.52. The third-order valence-electron chi connectivity index (χ3n) is 10.4. The number of aromatic nitrogens is 1. The highest BCUT2D eigenvalue weighted by molar-refractivity contribution is 5.99. The molecule has 2 unspecified atom stereocenters. The molecule has 1 saturated heterocycles. The number of halogens is 3. The molecule has 0 saturated carbocycles. The summed E-state index contributed by atoms with van der Waals surface area (Å²) in [6.45, 7) is 16.9. The topological polar surface area (TPSA) is 212 Å². The largest absolute Gasteiger partial charge is 0.459 e. The number of amides is 2. The maximum atomic E-state index is 13.4. The van der Waals surface area contributed by atoms with Crippen molar-refractivity contribution < 1.29 is 57.5 Å². The molecule has 1 aliphatic heterocycles. The number of cyclic esters (lactones) is 1. The Morgan fingerprint density at radius 1 is 1.00 bits per heavy atom. The molecule has 8 atom stereocenters. The smallest absolute Gasteiger partial charge is 0.416 e. The predicted octanol–water partition coefficient (Wildman–Crippen LogP) is 6.79. The number of aliphatic hydroxyl groups is 4. The van der Waals surface area contributed by atoms with Gasteiger partial charge in [-0.1, -0.05) is 46.6 Å². The van der Waals surface area contributed by atoms with Crippen LogP contribution < -0.4 is 21.3 Å². The van der Waals surface area contributed by atoms with E-state index in [2.05, 4.69) is 26.3 Å². The Morgan fingerprint density at radius 3 is 2.23 bits per heavy atom. The molecule has 0 bridgehead atoms. The summed E-state index contributed by atoms with van der Waals surface area (Å²) in [5.74, 6) is -1.86. The lowest BCUT2D eigenvalue weighted by Crippen LogP contribution is -2.61. The zero-order valence-electron chi connectivity index (χ0n) is 37.4. The number of alkyl carbamates (subject to hydrolysis) is 1. The summed E-state index contributed by atoms with van der Waals surface area (Å²) in [6, 6.07) is 6.32. The summed E-state index contributed by atoms with van der Waals surface area (Å²) in [6.07, 6.45) is -3.99. The van der Waals surface area contributed by atoms with Crippen LogP contribution >= 0.6 is 0 Å². The lowest BCUT2D eigenvalue weighted by atomic mass is 9.86. The normalized spacial score (nSPS) is 25.1. The van der Waals surface area contributed by atoms with Gasteiger partial charge in [-0.2, -0.15) is 13.2 Å². The van der Waals surface area contributed by atoms with Crippen molar-refractivity contribution in [1.82, 2.24) is 20.9 Å². The van der Waals surface area contributed by atoms with Crippen molar-refractivity contribution >= 4 is 29.5 Å². The molecule has 348 valence electrons. The van der Waals surface area contributed by atoms with Gasteiger partial charge in [-0.25, -0.2) is 9.78 Å². The van der Waals surface area contributed by atoms with E-state index < -0.39 is 71.7 Å². The summed E-state index contributed by atoms with van der Waals surface area (Å²) >= 11 is 0. The first-order valence-electron chi connectivity index (χ1n) is 21.5. The van der Waals surface area contributed by atoms with Crippen molar-refractivity contribution in [2.24, 2.45) is 11.8 Å². The maximum Gasteiger partial charge on any atom is 0.416 e. The van der Waals surface area contributed by atoms with Crippen molar-refractivity contribution in [3.05, 3.63) is 53.2 Å². The highest BCUT2D eigenvalue weighted by atomic mass is 19.4. The van der Waals surface area contributed by atoms with Crippen LogP contribution in [0.25, 0.3) is 0 Å². The quantitative estimate of drug-likeness (QED) is 0.0819. The standard InChI is InChI=1S/C40H60F3N5O8.C2H6O.C2H6/c1-7-33-39(6,54)34(27(5)47-23-24(2)17-18-28(49)22-32(50)26(4)37(52)55-33)56-38(53)46-20-11-9-8-10-19-45-36(51)29-14-13-21-44-35(29)48-31-16-12-15-30(25(31)3)40(41,42)43;1-2-3;1-2/h12-16,21,24,26-28,32-34,47,49-50,54H,7-11,17-20,22-23H2,1-6H3,(H,44,48)(H,45,51)(H,46,53);3H,2H2,1H3;1-2H3/t24-,26-,27-,28+,32+,33-,34?,39?;;/m1../s1. The van der Waals surface area contributed by atoms with Crippen molar-refractivity contribution in [2.45, 2.75) is 156 Å². The molecule has 2 heterocycles. The highest BCUT2D eigenvalue weighted by Crippen LogP contribution is 2.35. The maximum absolute atomic E-state index is 13.4. The molecular formula is C44H72F3N5O9. The van der Waals surface area contributed by atoms with E-state index in [-0.39, 0.29) is 54.5 Å². The molecule has 0 radical (unpaired) electrons. The second-order valence-electron chi connectivity index (χ2n) is 15.4. The number of hydrogen-bond acceptors (Lipinski definition) is 12. The average Bonchev–Trinajstić information content (AvgIpc) is 3.21. The lowest BCUT2D eigenvalue weighted by molar-refractivity contribution is -0.188. The van der Waals surface area contributed by atoms with Crippen LogP contribution in [0.5, 0.6) is 0 Å². The van der Waals surface area contributed by atoms with Gasteiger partial charge in [-0.05, 0) is 109 Å². The minimum absolute atomic E-state index is 0.0117. The fourth-order valence-corrected chi connectivity index (χ4v) is 6.75. The minimum Gasteiger partial charge on any atom is -0.459 e. The SMILES string of the molecule is CC.CCO.CC[C@H]1OC(=O)[C@H](C)[C@@H](O)C[C@@H](O)CC[C@@H](C)CN[C@H](C)C(OC(=O)NCCCCCCNC(=O)c2cccnc2Nc2cccc(C(F)(F)F)c2C)C1(C)O. The summed E-state index contributed by atoms with van der Waals surface area (Å²) in [5.41, 5.74) is -2.23. The van der Waals surface area contributed by atoms with Gasteiger partial charge in [-0.15, -0.1) is 0 Å². The van der Waals surface area contributed by atoms with E-state index in [1.165, 1.54) is 45.2 Å². The van der Waals surface area contributed by atoms with Gasteiger partial charge in [-0.3, -0.25) is 9.59 Å². The number of nitrogens with zero attached hydrogens (tertiary/aromatic N) is 1. The Kier molecular flexibility index (Phi) is 25.1. The summed E-state index contributed by atoms with van der Waals surface area (Å²) in [7, 11) is 0. The molecule has 1 aromatic heterocycles. The van der Waals surface area contributed by atoms with Crippen molar-refractivity contribution in [2.75, 3.05) is 31.6 Å². The highest BCUT2D eigenvalue weighted by Gasteiger charge is 2.47. The number of nitrogens with one attached hydrogen (secondary N) is 4. The van der Waals surface area contributed by atoms with Gasteiger partial charge in [0.2, 0.25) is 0 Å². The van der Waals surface area contributed by atoms with Gasteiger partial charge in [0.1, 0.15) is 17.5 Å². The van der Waals surface area contributed by atoms with E-state index in [0.717, 1.165) is 12.5 Å². The number of carbonyl (C=O) groups excluding carboxylic acids is 3. The Balaban J connectivity index is 0.00000355. The molecule has 2 amide bonds. The van der Waals surface area contributed by atoms with Gasteiger partial charge in [0.25, 0.3) is 5.91 Å². The number of aliphatic hydroxyl groups excluding tert-OH is 3. The van der Waals surface area contributed by atoms with Gasteiger partial charge in [0.15, 0.2) is 6.10 Å². The molecule has 3 rings (SSSR count). The van der Waals surface area contributed by atoms with Crippen LogP contribution in [-0.4, -0.2) is 106 Å². The van der Waals surface area contributed by atoms with E-state index in [0.29, 0.717) is 45.2 Å². The zero-order chi connectivity index (χ0) is 46.3. The number of alkyl halides is 3. The van der Waals surface area contributed by atoms with Crippen LogP contribution in [0.4, 0.5) is 29.5 Å². The van der Waals surface area contributed by atoms with Crippen LogP contribution in [-0.2, 0) is 20.4 Å². The molecule has 1 aliphatic rings. The molecule has 14 nitrogen and oxygen atoms in total. The number of anilines is 2. The second-order valence-corrected chi connectivity index (χ2v) is 15.4. The third-order valence-corrected chi connectivity index (χ3v) is 10.4. The van der Waals surface area contributed by atoms with Crippen molar-refractivity contribution in [3.8, 4) is 0 Å². The number of carbonyl (C=O) groups is 3. The van der Waals surface area contributed by atoms with Crippen LogP contribution in [0.15, 0.2) is 36.5 Å². The van der Waals surface area contributed by atoms with Crippen LogP contribution in [0, 0.1) is 18.8 Å². The molecule has 1 fully saturated rings. The van der Waals surface area contributed by atoms with Crippen LogP contribution in [0.3, 0.4) is 0 Å². The molecular weight excluding hydrogens is 800 g/mol. The molecule has 1 aromatic carbocycles. The first-order valence-corrected chi connectivity index (χ1v) is 21.5. The third kappa shape index (κ3) is 18.5. The Hall–Kier alpha value is -4.03. The Bertz CT molecular complexity index is 1600. The molecule has 0 spiro atoms. The number of hydrogen-bond donors (Lipinski definition) is 8. The number of esters is 1. The number of ether oxygens (including phenoxy) is 2. The monoisotopic (exact) mass is 872 g/mol. The van der Waals surface area contributed by atoms with Crippen LogP contribution in [0.1, 0.15) is 128 Å². The lowest BCUT2D eigenvalue weighted by Gasteiger charge is -2.41. The fourth-order valence-electron chi connectivity index (χ4n) is 6.75. The molecule has 2 aromatic rings. The van der Waals surface area contributed by atoms with Gasteiger partial charge < -0.3 is 51.2 Å². The summed E-state index contributed by atoms with van der Waals surface area (Å²) in [5, 5.41) is 52.1. The van der Waals surface area contributed by atoms with E-state index in [1.54, 1.807) is 26.8 Å². The number of unbranched alkanes of at least 4 members (excludes halogenated alkanes) is 3.